The standard InChI is InChI=1S/C48H48N2/c1-32-33(2)45-31-40(27-29-43(45)42-28-24-38(30-44(32)42)49-37-22-18-35(19-23-37)47(3,4)5)50(39-25-20-36(21-26-39)48(6,7)8)46-17-13-12-16-41(46)34-14-10-9-11-15-34/h9-31,49H,1-8H3. The van der Waals surface area contributed by atoms with Crippen LogP contribution in [0.4, 0.5) is 28.4 Å². The smallest absolute Gasteiger partial charge is 0.0540 e. The molecule has 1 N–H and O–H groups in total. The summed E-state index contributed by atoms with van der Waals surface area (Å²) in [6.07, 6.45) is 0. The van der Waals surface area contributed by atoms with Crippen LogP contribution in [0, 0.1) is 13.8 Å². The summed E-state index contributed by atoms with van der Waals surface area (Å²) >= 11 is 0. The fraction of sp³-hybridized carbons (Fsp3) is 0.208. The number of nitrogens with one attached hydrogen (secondary N) is 1. The molecule has 2 nitrogen and oxygen atoms in total. The van der Waals surface area contributed by atoms with E-state index >= 15 is 0 Å². The summed E-state index contributed by atoms with van der Waals surface area (Å²) in [4.78, 5) is 2.42. The van der Waals surface area contributed by atoms with E-state index in [4.69, 9.17) is 0 Å². The highest BCUT2D eigenvalue weighted by atomic mass is 15.1. The van der Waals surface area contributed by atoms with Gasteiger partial charge < -0.3 is 10.2 Å². The predicted molar refractivity (Wildman–Crippen MR) is 218 cm³/mol. The summed E-state index contributed by atoms with van der Waals surface area (Å²) in [6.45, 7) is 18.1. The van der Waals surface area contributed by atoms with E-state index < -0.39 is 0 Å². The summed E-state index contributed by atoms with van der Waals surface area (Å²) in [5.74, 6) is 0. The number of rotatable bonds is 6. The molecule has 0 aliphatic rings. The molecule has 2 heteroatoms. The summed E-state index contributed by atoms with van der Waals surface area (Å²) in [5, 5.41) is 8.76. The molecule has 0 aromatic heterocycles. The SMILES string of the molecule is Cc1c(C)c2cc(N(c3ccc(C(C)(C)C)cc3)c3ccccc3-c3ccccc3)ccc2c2ccc(Nc3ccc(C(C)(C)C)cc3)cc12. The lowest BCUT2D eigenvalue weighted by Gasteiger charge is -2.29. The second kappa shape index (κ2) is 12.8. The van der Waals surface area contributed by atoms with Crippen molar-refractivity contribution >= 4 is 50.0 Å². The van der Waals surface area contributed by atoms with Gasteiger partial charge in [0.2, 0.25) is 0 Å². The Bertz CT molecular complexity index is 2300. The number of para-hydroxylation sites is 1. The van der Waals surface area contributed by atoms with Crippen LogP contribution in [0.2, 0.25) is 0 Å². The molecule has 0 bridgehead atoms. The van der Waals surface area contributed by atoms with Crippen LogP contribution in [-0.4, -0.2) is 0 Å². The van der Waals surface area contributed by atoms with E-state index in [0.29, 0.717) is 0 Å². The average Bonchev–Trinajstić information content (AvgIpc) is 3.11. The Kier molecular flexibility index (Phi) is 8.52. The van der Waals surface area contributed by atoms with Crippen molar-refractivity contribution in [1.82, 2.24) is 0 Å². The van der Waals surface area contributed by atoms with Crippen molar-refractivity contribution in [2.24, 2.45) is 0 Å². The number of hydrogen-bond donors (Lipinski definition) is 1. The topological polar surface area (TPSA) is 15.3 Å². The first kappa shape index (κ1) is 33.2. The van der Waals surface area contributed by atoms with Crippen LogP contribution in [0.15, 0.2) is 140 Å². The highest BCUT2D eigenvalue weighted by Gasteiger charge is 2.21. The number of benzene rings is 7. The summed E-state index contributed by atoms with van der Waals surface area (Å²) in [6, 6.07) is 51.2. The van der Waals surface area contributed by atoms with Gasteiger partial charge in [0.25, 0.3) is 0 Å². The summed E-state index contributed by atoms with van der Waals surface area (Å²) < 4.78 is 0. The van der Waals surface area contributed by atoms with Gasteiger partial charge in [-0.3, -0.25) is 0 Å². The van der Waals surface area contributed by atoms with Crippen LogP contribution >= 0.6 is 0 Å². The van der Waals surface area contributed by atoms with Crippen molar-refractivity contribution in [2.45, 2.75) is 66.2 Å². The molecule has 0 saturated carbocycles. The van der Waals surface area contributed by atoms with Crippen molar-refractivity contribution < 1.29 is 0 Å². The van der Waals surface area contributed by atoms with Crippen LogP contribution in [0.5, 0.6) is 0 Å². The van der Waals surface area contributed by atoms with E-state index in [1.54, 1.807) is 0 Å². The molecule has 0 saturated heterocycles. The van der Waals surface area contributed by atoms with Gasteiger partial charge in [0.15, 0.2) is 0 Å². The van der Waals surface area contributed by atoms with Crippen LogP contribution < -0.4 is 10.2 Å². The summed E-state index contributed by atoms with van der Waals surface area (Å²) in [5.41, 5.74) is 13.5. The third-order valence-corrected chi connectivity index (χ3v) is 10.2. The number of anilines is 5. The molecular formula is C48H48N2. The minimum absolute atomic E-state index is 0.0796. The molecule has 0 amide bonds. The molecule has 0 spiro atoms. The van der Waals surface area contributed by atoms with Crippen molar-refractivity contribution in [1.29, 1.82) is 0 Å². The Morgan fingerprint density at radius 2 is 0.940 bits per heavy atom. The lowest BCUT2D eigenvalue weighted by Crippen LogP contribution is -2.13. The molecule has 50 heavy (non-hydrogen) atoms. The lowest BCUT2D eigenvalue weighted by molar-refractivity contribution is 0.590. The maximum Gasteiger partial charge on any atom is 0.0540 e. The molecule has 0 fully saturated rings. The molecule has 0 radical (unpaired) electrons. The van der Waals surface area contributed by atoms with E-state index in [9.17, 15) is 0 Å². The quantitative estimate of drug-likeness (QED) is 0.180. The van der Waals surface area contributed by atoms with Gasteiger partial charge in [-0.25, -0.2) is 0 Å². The zero-order chi connectivity index (χ0) is 35.2. The van der Waals surface area contributed by atoms with Crippen molar-refractivity contribution in [2.75, 3.05) is 10.2 Å². The molecule has 0 aliphatic carbocycles. The Morgan fingerprint density at radius 1 is 0.440 bits per heavy atom. The fourth-order valence-corrected chi connectivity index (χ4v) is 7.08. The monoisotopic (exact) mass is 652 g/mol. The summed E-state index contributed by atoms with van der Waals surface area (Å²) in [7, 11) is 0. The van der Waals surface area contributed by atoms with Gasteiger partial charge in [-0.15, -0.1) is 0 Å². The van der Waals surface area contributed by atoms with Crippen LogP contribution in [0.25, 0.3) is 32.7 Å². The number of fused-ring (bicyclic) bond motifs is 3. The van der Waals surface area contributed by atoms with E-state index in [2.05, 4.69) is 205 Å². The molecule has 0 unspecified atom stereocenters. The second-order valence-electron chi connectivity index (χ2n) is 15.7. The first-order chi connectivity index (χ1) is 23.9. The van der Waals surface area contributed by atoms with Crippen LogP contribution in [0.3, 0.4) is 0 Å². The lowest BCUT2D eigenvalue weighted by atomic mass is 9.87. The van der Waals surface area contributed by atoms with Crippen LogP contribution in [-0.2, 0) is 10.8 Å². The van der Waals surface area contributed by atoms with Gasteiger partial charge >= 0.3 is 0 Å². The normalized spacial score (nSPS) is 12.0. The highest BCUT2D eigenvalue weighted by Crippen LogP contribution is 2.44. The largest absolute Gasteiger partial charge is 0.356 e. The van der Waals surface area contributed by atoms with Gasteiger partial charge in [-0.05, 0) is 129 Å². The number of aryl methyl sites for hydroxylation is 2. The van der Waals surface area contributed by atoms with E-state index in [0.717, 1.165) is 28.4 Å². The minimum atomic E-state index is 0.0796. The third kappa shape index (κ3) is 6.39. The van der Waals surface area contributed by atoms with E-state index in [1.165, 1.54) is 54.9 Å². The fourth-order valence-electron chi connectivity index (χ4n) is 7.08. The van der Waals surface area contributed by atoms with Gasteiger partial charge in [0.05, 0.1) is 5.69 Å². The Balaban J connectivity index is 1.34. The first-order valence-electron chi connectivity index (χ1n) is 17.8. The Morgan fingerprint density at radius 3 is 1.56 bits per heavy atom. The Labute approximate surface area is 298 Å². The molecule has 7 rings (SSSR count). The van der Waals surface area contributed by atoms with Crippen molar-refractivity contribution in [3.63, 3.8) is 0 Å². The number of nitrogens with zero attached hydrogens (tertiary/aromatic N) is 1. The molecule has 250 valence electrons. The molecular weight excluding hydrogens is 605 g/mol. The molecule has 0 heterocycles. The van der Waals surface area contributed by atoms with Gasteiger partial charge in [0, 0.05) is 28.3 Å². The van der Waals surface area contributed by atoms with Crippen LogP contribution in [0.1, 0.15) is 63.8 Å². The van der Waals surface area contributed by atoms with Gasteiger partial charge in [-0.2, -0.15) is 0 Å². The Hall–Kier alpha value is -5.34. The predicted octanol–water partition coefficient (Wildman–Crippen LogP) is 14.1. The van der Waals surface area contributed by atoms with Crippen molar-refractivity contribution in [3.05, 3.63) is 162 Å². The molecule has 7 aromatic rings. The number of hydrogen-bond acceptors (Lipinski definition) is 2. The van der Waals surface area contributed by atoms with Gasteiger partial charge in [0.1, 0.15) is 0 Å². The zero-order valence-corrected chi connectivity index (χ0v) is 30.7. The van der Waals surface area contributed by atoms with Crippen molar-refractivity contribution in [3.8, 4) is 11.1 Å². The molecule has 7 aromatic carbocycles. The van der Waals surface area contributed by atoms with E-state index in [1.807, 2.05) is 0 Å². The zero-order valence-electron chi connectivity index (χ0n) is 30.7. The molecule has 0 aliphatic heterocycles. The highest BCUT2D eigenvalue weighted by molar-refractivity contribution is 6.12. The molecule has 0 atom stereocenters. The van der Waals surface area contributed by atoms with Gasteiger partial charge in [-0.1, -0.05) is 126 Å². The second-order valence-corrected chi connectivity index (χ2v) is 15.7. The first-order valence-corrected chi connectivity index (χ1v) is 17.8. The average molecular weight is 653 g/mol. The third-order valence-electron chi connectivity index (χ3n) is 10.2. The minimum Gasteiger partial charge on any atom is -0.356 e. The maximum atomic E-state index is 3.66. The maximum absolute atomic E-state index is 3.66. The van der Waals surface area contributed by atoms with E-state index in [-0.39, 0.29) is 10.8 Å².